The van der Waals surface area contributed by atoms with Gasteiger partial charge in [0.1, 0.15) is 0 Å². The van der Waals surface area contributed by atoms with E-state index >= 15 is 0 Å². The van der Waals surface area contributed by atoms with Crippen molar-refractivity contribution in [1.29, 1.82) is 0 Å². The van der Waals surface area contributed by atoms with Crippen LogP contribution in [-0.4, -0.2) is 0 Å². The van der Waals surface area contributed by atoms with Crippen LogP contribution in [0.5, 0.6) is 0 Å². The molecule has 1 aliphatic rings. The first-order valence-corrected chi connectivity index (χ1v) is 7.23. The fraction of sp³-hybridized carbons (Fsp3) is 0.333. The molecule has 1 aliphatic carbocycles. The zero-order valence-electron chi connectivity index (χ0n) is 11.9. The molecular formula is C18H17F3. The van der Waals surface area contributed by atoms with Gasteiger partial charge in [0.25, 0.3) is 0 Å². The van der Waals surface area contributed by atoms with Crippen molar-refractivity contribution < 1.29 is 13.2 Å². The van der Waals surface area contributed by atoms with Crippen LogP contribution in [0.25, 0.3) is 11.1 Å². The summed E-state index contributed by atoms with van der Waals surface area (Å²) in [6.07, 6.45) is -0.929. The number of benzene rings is 2. The summed E-state index contributed by atoms with van der Waals surface area (Å²) in [5.74, 6) is 0.717. The molecule has 0 radical (unpaired) electrons. The molecule has 3 heteroatoms. The van der Waals surface area contributed by atoms with E-state index in [4.69, 9.17) is 0 Å². The SMILES string of the molecule is CC1CCc2cc(-c3ccc(C(F)(F)F)cc3)ccc2C1. The molecule has 0 saturated heterocycles. The second-order valence-corrected chi connectivity index (χ2v) is 5.91. The molecule has 1 atom stereocenters. The van der Waals surface area contributed by atoms with Crippen LogP contribution in [-0.2, 0) is 19.0 Å². The van der Waals surface area contributed by atoms with Gasteiger partial charge in [0.2, 0.25) is 0 Å². The standard InChI is InChI=1S/C18H17F3/c1-12-2-3-16-11-15(5-4-14(16)10-12)13-6-8-17(9-7-13)18(19,20)21/h4-9,11-12H,2-3,10H2,1H3. The second kappa shape index (κ2) is 5.21. The maximum atomic E-state index is 12.6. The predicted molar refractivity (Wildman–Crippen MR) is 78.1 cm³/mol. The fourth-order valence-corrected chi connectivity index (χ4v) is 2.97. The number of hydrogen-bond donors (Lipinski definition) is 0. The van der Waals surface area contributed by atoms with Gasteiger partial charge in [0, 0.05) is 0 Å². The Labute approximate surface area is 122 Å². The van der Waals surface area contributed by atoms with Crippen LogP contribution in [0.1, 0.15) is 30.0 Å². The van der Waals surface area contributed by atoms with Gasteiger partial charge >= 0.3 is 6.18 Å². The van der Waals surface area contributed by atoms with Gasteiger partial charge in [-0.2, -0.15) is 13.2 Å². The van der Waals surface area contributed by atoms with E-state index in [-0.39, 0.29) is 0 Å². The third-order valence-corrected chi connectivity index (χ3v) is 4.23. The fourth-order valence-electron chi connectivity index (χ4n) is 2.97. The highest BCUT2D eigenvalue weighted by molar-refractivity contribution is 5.65. The lowest BCUT2D eigenvalue weighted by atomic mass is 9.83. The van der Waals surface area contributed by atoms with Crippen LogP contribution in [0, 0.1) is 5.92 Å². The number of halogens is 3. The van der Waals surface area contributed by atoms with E-state index in [1.165, 1.54) is 17.5 Å². The summed E-state index contributed by atoms with van der Waals surface area (Å²) in [5, 5.41) is 0. The van der Waals surface area contributed by atoms with Gasteiger partial charge in [-0.05, 0) is 59.6 Å². The van der Waals surface area contributed by atoms with Crippen molar-refractivity contribution in [3.05, 3.63) is 59.2 Å². The van der Waals surface area contributed by atoms with Crippen molar-refractivity contribution in [2.45, 2.75) is 32.4 Å². The number of rotatable bonds is 1. The molecule has 0 aliphatic heterocycles. The molecule has 0 fully saturated rings. The van der Waals surface area contributed by atoms with Crippen molar-refractivity contribution in [3.8, 4) is 11.1 Å². The van der Waals surface area contributed by atoms with Crippen molar-refractivity contribution >= 4 is 0 Å². The number of alkyl halides is 3. The third kappa shape index (κ3) is 2.97. The molecule has 2 aromatic rings. The van der Waals surface area contributed by atoms with Gasteiger partial charge < -0.3 is 0 Å². The lowest BCUT2D eigenvalue weighted by Gasteiger charge is -2.22. The van der Waals surface area contributed by atoms with E-state index in [9.17, 15) is 13.2 Å². The minimum atomic E-state index is -4.27. The van der Waals surface area contributed by atoms with E-state index in [1.807, 2.05) is 6.07 Å². The van der Waals surface area contributed by atoms with Crippen LogP contribution in [0.15, 0.2) is 42.5 Å². The monoisotopic (exact) mass is 290 g/mol. The van der Waals surface area contributed by atoms with Gasteiger partial charge in [-0.1, -0.05) is 37.3 Å². The van der Waals surface area contributed by atoms with E-state index in [1.54, 1.807) is 12.1 Å². The quantitative estimate of drug-likeness (QED) is 0.650. The Morgan fingerprint density at radius 3 is 2.24 bits per heavy atom. The largest absolute Gasteiger partial charge is 0.416 e. The molecule has 0 saturated carbocycles. The van der Waals surface area contributed by atoms with Crippen molar-refractivity contribution in [3.63, 3.8) is 0 Å². The maximum absolute atomic E-state index is 12.6. The Bertz CT molecular complexity index is 639. The van der Waals surface area contributed by atoms with Gasteiger partial charge in [-0.25, -0.2) is 0 Å². The number of aryl methyl sites for hydroxylation is 1. The molecule has 21 heavy (non-hydrogen) atoms. The van der Waals surface area contributed by atoms with Crippen molar-refractivity contribution in [1.82, 2.24) is 0 Å². The average Bonchev–Trinajstić information content (AvgIpc) is 2.46. The van der Waals surface area contributed by atoms with Crippen LogP contribution >= 0.6 is 0 Å². The lowest BCUT2D eigenvalue weighted by Crippen LogP contribution is -2.11. The summed E-state index contributed by atoms with van der Waals surface area (Å²) in [6.45, 7) is 2.26. The van der Waals surface area contributed by atoms with Crippen molar-refractivity contribution in [2.75, 3.05) is 0 Å². The average molecular weight is 290 g/mol. The molecule has 3 rings (SSSR count). The van der Waals surface area contributed by atoms with E-state index < -0.39 is 11.7 Å². The van der Waals surface area contributed by atoms with Gasteiger partial charge in [-0.15, -0.1) is 0 Å². The molecule has 0 aromatic heterocycles. The molecule has 0 bridgehead atoms. The molecule has 0 N–H and O–H groups in total. The highest BCUT2D eigenvalue weighted by atomic mass is 19.4. The molecule has 110 valence electrons. The molecule has 1 unspecified atom stereocenters. The molecular weight excluding hydrogens is 273 g/mol. The van der Waals surface area contributed by atoms with E-state index in [0.29, 0.717) is 0 Å². The summed E-state index contributed by atoms with van der Waals surface area (Å²) in [4.78, 5) is 0. The summed E-state index contributed by atoms with van der Waals surface area (Å²) in [7, 11) is 0. The Morgan fingerprint density at radius 2 is 1.57 bits per heavy atom. The van der Waals surface area contributed by atoms with Crippen LogP contribution < -0.4 is 0 Å². The van der Waals surface area contributed by atoms with Crippen LogP contribution in [0.4, 0.5) is 13.2 Å². The maximum Gasteiger partial charge on any atom is 0.416 e. The Balaban J connectivity index is 1.91. The van der Waals surface area contributed by atoms with E-state index in [0.717, 1.165) is 42.0 Å². The Hall–Kier alpha value is -1.77. The van der Waals surface area contributed by atoms with Gasteiger partial charge in [-0.3, -0.25) is 0 Å². The summed E-state index contributed by atoms with van der Waals surface area (Å²) in [5.41, 5.74) is 3.95. The second-order valence-electron chi connectivity index (χ2n) is 5.91. The van der Waals surface area contributed by atoms with Gasteiger partial charge in [0.15, 0.2) is 0 Å². The normalized spacial score (nSPS) is 18.4. The minimum Gasteiger partial charge on any atom is -0.166 e. The third-order valence-electron chi connectivity index (χ3n) is 4.23. The Kier molecular flexibility index (Phi) is 3.52. The highest BCUT2D eigenvalue weighted by Gasteiger charge is 2.30. The van der Waals surface area contributed by atoms with Crippen molar-refractivity contribution in [2.24, 2.45) is 5.92 Å². The predicted octanol–water partition coefficient (Wildman–Crippen LogP) is 5.50. The Morgan fingerprint density at radius 1 is 0.905 bits per heavy atom. The molecule has 0 spiro atoms. The van der Waals surface area contributed by atoms with Gasteiger partial charge in [0.05, 0.1) is 5.56 Å². The molecule has 0 heterocycles. The minimum absolute atomic E-state index is 0.599. The topological polar surface area (TPSA) is 0 Å². The lowest BCUT2D eigenvalue weighted by molar-refractivity contribution is -0.137. The first-order chi connectivity index (χ1) is 9.93. The molecule has 0 nitrogen and oxygen atoms in total. The summed E-state index contributed by atoms with van der Waals surface area (Å²) >= 11 is 0. The molecule has 2 aromatic carbocycles. The first-order valence-electron chi connectivity index (χ1n) is 7.23. The first kappa shape index (κ1) is 14.2. The van der Waals surface area contributed by atoms with E-state index in [2.05, 4.69) is 19.1 Å². The van der Waals surface area contributed by atoms with Crippen LogP contribution in [0.3, 0.4) is 0 Å². The zero-order chi connectivity index (χ0) is 15.0. The highest BCUT2D eigenvalue weighted by Crippen LogP contribution is 2.33. The summed E-state index contributed by atoms with van der Waals surface area (Å²) in [6, 6.07) is 11.7. The smallest absolute Gasteiger partial charge is 0.166 e. The molecule has 0 amide bonds. The zero-order valence-corrected chi connectivity index (χ0v) is 11.9. The number of hydrogen-bond acceptors (Lipinski definition) is 0. The van der Waals surface area contributed by atoms with Crippen LogP contribution in [0.2, 0.25) is 0 Å². The number of fused-ring (bicyclic) bond motifs is 1. The summed E-state index contributed by atoms with van der Waals surface area (Å²) < 4.78 is 37.8.